The number of carbonyl (C=O) groups excluding carboxylic acids is 1. The van der Waals surface area contributed by atoms with Crippen molar-refractivity contribution in [3.8, 4) is 5.75 Å². The molecule has 1 aromatic rings. The minimum absolute atomic E-state index is 0.0245. The molecule has 0 aliphatic rings. The number of ether oxygens (including phenoxy) is 1. The van der Waals surface area contributed by atoms with Crippen molar-refractivity contribution in [1.29, 1.82) is 0 Å². The van der Waals surface area contributed by atoms with Gasteiger partial charge in [0, 0.05) is 11.7 Å². The molecule has 0 bridgehead atoms. The number of hydrogen-bond donors (Lipinski definition) is 3. The van der Waals surface area contributed by atoms with Crippen molar-refractivity contribution in [2.75, 3.05) is 19.0 Å². The Bertz CT molecular complexity index is 471. The number of nitrogens with one attached hydrogen (secondary N) is 1. The van der Waals surface area contributed by atoms with Gasteiger partial charge in [0.25, 0.3) is 0 Å². The van der Waals surface area contributed by atoms with E-state index in [4.69, 9.17) is 15.7 Å². The Hall–Kier alpha value is -2.44. The van der Waals surface area contributed by atoms with Gasteiger partial charge in [-0.3, -0.25) is 0 Å². The number of anilines is 1. The van der Waals surface area contributed by atoms with E-state index in [0.717, 1.165) is 0 Å². The molecule has 0 saturated heterocycles. The fourth-order valence-electron chi connectivity index (χ4n) is 1.56. The first kappa shape index (κ1) is 15.6. The first-order valence-electron chi connectivity index (χ1n) is 6.16. The quantitative estimate of drug-likeness (QED) is 0.330. The summed E-state index contributed by atoms with van der Waals surface area (Å²) in [4.78, 5) is 13.6. The van der Waals surface area contributed by atoms with Crippen molar-refractivity contribution in [3.05, 3.63) is 24.3 Å². The summed E-state index contributed by atoms with van der Waals surface area (Å²) in [6.07, 6.45) is 0. The third-order valence-corrected chi connectivity index (χ3v) is 2.69. The van der Waals surface area contributed by atoms with Crippen LogP contribution in [0.5, 0.6) is 5.75 Å². The largest absolute Gasteiger partial charge is 0.497 e. The molecule has 0 radical (unpaired) electrons. The summed E-state index contributed by atoms with van der Waals surface area (Å²) < 4.78 is 5.04. The molecule has 7 heteroatoms. The van der Waals surface area contributed by atoms with Crippen molar-refractivity contribution in [1.82, 2.24) is 4.90 Å². The number of nitrogens with zero attached hydrogens (tertiary/aromatic N) is 2. The van der Waals surface area contributed by atoms with E-state index < -0.39 is 0 Å². The van der Waals surface area contributed by atoms with Gasteiger partial charge in [-0.15, -0.1) is 0 Å². The summed E-state index contributed by atoms with van der Waals surface area (Å²) in [7, 11) is 1.57. The second-order valence-corrected chi connectivity index (χ2v) is 4.47. The monoisotopic (exact) mass is 280 g/mol. The first-order valence-corrected chi connectivity index (χ1v) is 6.16. The molecule has 0 fully saturated rings. The van der Waals surface area contributed by atoms with Crippen molar-refractivity contribution in [2.24, 2.45) is 10.9 Å². The van der Waals surface area contributed by atoms with Gasteiger partial charge in [0.2, 0.25) is 0 Å². The second-order valence-electron chi connectivity index (χ2n) is 4.47. The third-order valence-electron chi connectivity index (χ3n) is 2.69. The predicted molar refractivity (Wildman–Crippen MR) is 77.3 cm³/mol. The van der Waals surface area contributed by atoms with Gasteiger partial charge in [-0.25, -0.2) is 4.79 Å². The standard InChI is InChI=1S/C13H20N4O3/c1-9(2)17(8-12(14)16-19)13(18)15-10-4-6-11(20-3)7-5-10/h4-7,9,19H,8H2,1-3H3,(H2,14,16)(H,15,18). The Balaban J connectivity index is 2.74. The maximum atomic E-state index is 12.2. The van der Waals surface area contributed by atoms with Gasteiger partial charge in [0.1, 0.15) is 5.75 Å². The lowest BCUT2D eigenvalue weighted by molar-refractivity contribution is 0.205. The van der Waals surface area contributed by atoms with Crippen LogP contribution >= 0.6 is 0 Å². The fraction of sp³-hybridized carbons (Fsp3) is 0.385. The Labute approximate surface area is 118 Å². The SMILES string of the molecule is COc1ccc(NC(=O)N(CC(N)=NO)C(C)C)cc1. The number of amides is 2. The summed E-state index contributed by atoms with van der Waals surface area (Å²) in [5, 5.41) is 14.2. The smallest absolute Gasteiger partial charge is 0.322 e. The normalized spacial score (nSPS) is 11.3. The molecule has 0 atom stereocenters. The van der Waals surface area contributed by atoms with Gasteiger partial charge in [-0.1, -0.05) is 5.16 Å². The molecule has 0 aromatic heterocycles. The highest BCUT2D eigenvalue weighted by atomic mass is 16.5. The average molecular weight is 280 g/mol. The molecule has 0 aliphatic heterocycles. The lowest BCUT2D eigenvalue weighted by Crippen LogP contribution is -2.45. The highest BCUT2D eigenvalue weighted by molar-refractivity contribution is 5.93. The van der Waals surface area contributed by atoms with E-state index in [1.54, 1.807) is 31.4 Å². The van der Waals surface area contributed by atoms with Crippen LogP contribution in [0.15, 0.2) is 29.4 Å². The van der Waals surface area contributed by atoms with Gasteiger partial charge in [-0.2, -0.15) is 0 Å². The number of hydrogen-bond acceptors (Lipinski definition) is 4. The lowest BCUT2D eigenvalue weighted by Gasteiger charge is -2.26. The van der Waals surface area contributed by atoms with Crippen LogP contribution in [0.25, 0.3) is 0 Å². The van der Waals surface area contributed by atoms with E-state index >= 15 is 0 Å². The van der Waals surface area contributed by atoms with E-state index in [1.165, 1.54) is 4.90 Å². The van der Waals surface area contributed by atoms with Crippen LogP contribution in [-0.2, 0) is 0 Å². The van der Waals surface area contributed by atoms with Crippen LogP contribution in [0.4, 0.5) is 10.5 Å². The number of oxime groups is 1. The van der Waals surface area contributed by atoms with Gasteiger partial charge in [0.15, 0.2) is 5.84 Å². The molecule has 0 saturated carbocycles. The zero-order valence-electron chi connectivity index (χ0n) is 11.8. The zero-order valence-corrected chi connectivity index (χ0v) is 11.8. The van der Waals surface area contributed by atoms with E-state index in [-0.39, 0.29) is 24.5 Å². The Morgan fingerprint density at radius 2 is 2.05 bits per heavy atom. The topological polar surface area (TPSA) is 100 Å². The molecule has 7 nitrogen and oxygen atoms in total. The summed E-state index contributed by atoms with van der Waals surface area (Å²) in [6, 6.07) is 6.56. The fourth-order valence-corrected chi connectivity index (χ4v) is 1.56. The van der Waals surface area contributed by atoms with Crippen LogP contribution in [-0.4, -0.2) is 41.7 Å². The minimum atomic E-state index is -0.322. The summed E-state index contributed by atoms with van der Waals surface area (Å²) in [5.74, 6) is 0.684. The van der Waals surface area contributed by atoms with E-state index in [9.17, 15) is 4.79 Å². The first-order chi connectivity index (χ1) is 9.47. The molecule has 20 heavy (non-hydrogen) atoms. The van der Waals surface area contributed by atoms with Gasteiger partial charge < -0.3 is 25.9 Å². The molecular formula is C13H20N4O3. The molecule has 4 N–H and O–H groups in total. The van der Waals surface area contributed by atoms with Crippen molar-refractivity contribution in [3.63, 3.8) is 0 Å². The predicted octanol–water partition coefficient (Wildman–Crippen LogP) is 1.68. The molecule has 2 amide bonds. The summed E-state index contributed by atoms with van der Waals surface area (Å²) in [6.45, 7) is 3.74. The Morgan fingerprint density at radius 3 is 2.50 bits per heavy atom. The number of rotatable bonds is 5. The van der Waals surface area contributed by atoms with Crippen molar-refractivity contribution < 1.29 is 14.7 Å². The maximum Gasteiger partial charge on any atom is 0.322 e. The minimum Gasteiger partial charge on any atom is -0.497 e. The van der Waals surface area contributed by atoms with Crippen LogP contribution in [0, 0.1) is 0 Å². The van der Waals surface area contributed by atoms with Crippen LogP contribution in [0.3, 0.4) is 0 Å². The Kier molecular flexibility index (Phi) is 5.64. The molecule has 1 rings (SSSR count). The second kappa shape index (κ2) is 7.22. The number of benzene rings is 1. The van der Waals surface area contributed by atoms with E-state index in [1.807, 2.05) is 13.8 Å². The van der Waals surface area contributed by atoms with Gasteiger partial charge in [-0.05, 0) is 38.1 Å². The molecule has 0 heterocycles. The highest BCUT2D eigenvalue weighted by Crippen LogP contribution is 2.15. The summed E-state index contributed by atoms with van der Waals surface area (Å²) in [5.41, 5.74) is 6.08. The van der Waals surface area contributed by atoms with E-state index in [0.29, 0.717) is 11.4 Å². The zero-order chi connectivity index (χ0) is 15.1. The van der Waals surface area contributed by atoms with Crippen molar-refractivity contribution >= 4 is 17.6 Å². The molecular weight excluding hydrogens is 260 g/mol. The van der Waals surface area contributed by atoms with Crippen LogP contribution in [0.2, 0.25) is 0 Å². The maximum absolute atomic E-state index is 12.2. The molecule has 110 valence electrons. The Morgan fingerprint density at radius 1 is 1.45 bits per heavy atom. The highest BCUT2D eigenvalue weighted by Gasteiger charge is 2.18. The summed E-state index contributed by atoms with van der Waals surface area (Å²) >= 11 is 0. The molecule has 1 aromatic carbocycles. The third kappa shape index (κ3) is 4.34. The van der Waals surface area contributed by atoms with Gasteiger partial charge >= 0.3 is 6.03 Å². The van der Waals surface area contributed by atoms with Crippen molar-refractivity contribution in [2.45, 2.75) is 19.9 Å². The number of nitrogens with two attached hydrogens (primary N) is 1. The molecule has 0 aliphatic carbocycles. The average Bonchev–Trinajstić information content (AvgIpc) is 2.44. The van der Waals surface area contributed by atoms with Crippen LogP contribution in [0.1, 0.15) is 13.8 Å². The number of urea groups is 1. The van der Waals surface area contributed by atoms with Crippen LogP contribution < -0.4 is 15.8 Å². The number of amidine groups is 1. The van der Waals surface area contributed by atoms with Gasteiger partial charge in [0.05, 0.1) is 13.7 Å². The number of carbonyl (C=O) groups is 1. The molecule has 0 spiro atoms. The lowest BCUT2D eigenvalue weighted by atomic mass is 10.3. The molecule has 0 unspecified atom stereocenters. The van der Waals surface area contributed by atoms with E-state index in [2.05, 4.69) is 10.5 Å². The number of methoxy groups -OCH3 is 1.